The van der Waals surface area contributed by atoms with Crippen molar-refractivity contribution < 1.29 is 15.0 Å². The average Bonchev–Trinajstić information content (AvgIpc) is 2.75. The fraction of sp³-hybridized carbons (Fsp3) is 0.423. The van der Waals surface area contributed by atoms with Crippen LogP contribution in [0.1, 0.15) is 56.8 Å². The van der Waals surface area contributed by atoms with Crippen molar-refractivity contribution >= 4 is 29.1 Å². The van der Waals surface area contributed by atoms with Crippen LogP contribution in [0.2, 0.25) is 10.0 Å². The van der Waals surface area contributed by atoms with Gasteiger partial charge in [-0.15, -0.1) is 6.58 Å². The summed E-state index contributed by atoms with van der Waals surface area (Å²) in [7, 11) is 0. The average molecular weight is 478 g/mol. The molecule has 0 aliphatic carbocycles. The second-order valence-corrected chi connectivity index (χ2v) is 9.79. The molecule has 2 rings (SSSR count). The Hall–Kier alpha value is -1.85. The summed E-state index contributed by atoms with van der Waals surface area (Å²) in [6.45, 7) is 9.47. The molecule has 6 heteroatoms. The number of hydrogen-bond donors (Lipinski definition) is 3. The lowest BCUT2D eigenvalue weighted by Crippen LogP contribution is -2.48. The van der Waals surface area contributed by atoms with Crippen LogP contribution >= 0.6 is 23.2 Å². The molecule has 0 aliphatic heterocycles. The number of carbonyl (C=O) groups is 1. The van der Waals surface area contributed by atoms with Crippen molar-refractivity contribution in [2.24, 2.45) is 11.3 Å². The van der Waals surface area contributed by atoms with E-state index in [1.165, 1.54) is 0 Å². The second-order valence-electron chi connectivity index (χ2n) is 8.92. The minimum absolute atomic E-state index is 0.0836. The molecule has 32 heavy (non-hydrogen) atoms. The number of amides is 1. The fourth-order valence-electron chi connectivity index (χ4n) is 3.88. The minimum Gasteiger partial charge on any atom is -0.394 e. The van der Waals surface area contributed by atoms with Crippen LogP contribution in [-0.4, -0.2) is 28.8 Å². The lowest BCUT2D eigenvalue weighted by atomic mass is 9.72. The first kappa shape index (κ1) is 26.4. The number of halogens is 2. The van der Waals surface area contributed by atoms with Gasteiger partial charge in [0.25, 0.3) is 0 Å². The Balaban J connectivity index is 2.44. The maximum absolute atomic E-state index is 13.4. The molecule has 4 atom stereocenters. The van der Waals surface area contributed by atoms with Gasteiger partial charge in [-0.2, -0.15) is 0 Å². The van der Waals surface area contributed by atoms with Crippen molar-refractivity contribution in [1.82, 2.24) is 5.32 Å². The second kappa shape index (κ2) is 11.9. The van der Waals surface area contributed by atoms with Gasteiger partial charge in [0, 0.05) is 16.0 Å². The van der Waals surface area contributed by atoms with Crippen molar-refractivity contribution in [3.05, 3.63) is 82.4 Å². The summed E-state index contributed by atoms with van der Waals surface area (Å²) >= 11 is 12.3. The molecule has 0 aromatic heterocycles. The van der Waals surface area contributed by atoms with E-state index in [4.69, 9.17) is 23.2 Å². The molecule has 2 aromatic rings. The Labute approximate surface area is 201 Å². The zero-order chi connectivity index (χ0) is 23.9. The maximum atomic E-state index is 13.4. The highest BCUT2D eigenvalue weighted by atomic mass is 35.5. The Morgan fingerprint density at radius 3 is 2.31 bits per heavy atom. The van der Waals surface area contributed by atoms with Crippen LogP contribution in [-0.2, 0) is 4.79 Å². The maximum Gasteiger partial charge on any atom is 0.226 e. The number of hydrogen-bond acceptors (Lipinski definition) is 3. The van der Waals surface area contributed by atoms with E-state index in [1.54, 1.807) is 36.4 Å². The molecule has 0 radical (unpaired) electrons. The number of allylic oxidation sites excluding steroid dienone is 1. The van der Waals surface area contributed by atoms with Crippen LogP contribution in [0.5, 0.6) is 0 Å². The zero-order valence-electron chi connectivity index (χ0n) is 18.9. The van der Waals surface area contributed by atoms with E-state index in [9.17, 15) is 15.0 Å². The van der Waals surface area contributed by atoms with Crippen molar-refractivity contribution in [2.45, 2.75) is 51.7 Å². The third kappa shape index (κ3) is 6.82. The Kier molecular flexibility index (Phi) is 9.78. The number of nitrogens with one attached hydrogen (secondary N) is 1. The van der Waals surface area contributed by atoms with Crippen molar-refractivity contribution in [1.29, 1.82) is 0 Å². The largest absolute Gasteiger partial charge is 0.394 e. The van der Waals surface area contributed by atoms with Crippen LogP contribution in [0.15, 0.2) is 61.2 Å². The smallest absolute Gasteiger partial charge is 0.226 e. The number of benzene rings is 2. The Morgan fingerprint density at radius 1 is 1.12 bits per heavy atom. The number of aliphatic hydroxyl groups excluding tert-OH is 2. The lowest BCUT2D eigenvalue weighted by molar-refractivity contribution is -0.132. The third-order valence-electron chi connectivity index (χ3n) is 6.00. The fourth-order valence-corrected chi connectivity index (χ4v) is 4.20. The first-order valence-corrected chi connectivity index (χ1v) is 11.6. The predicted octanol–water partition coefficient (Wildman–Crippen LogP) is 5.92. The summed E-state index contributed by atoms with van der Waals surface area (Å²) < 4.78 is 0. The van der Waals surface area contributed by atoms with Crippen LogP contribution in [0.4, 0.5) is 0 Å². The molecular formula is C26H33Cl2NO3. The minimum atomic E-state index is -0.874. The molecule has 2 aromatic carbocycles. The summed E-state index contributed by atoms with van der Waals surface area (Å²) in [5, 5.41) is 25.2. The number of aliphatic hydroxyl groups is 2. The molecular weight excluding hydrogens is 445 g/mol. The van der Waals surface area contributed by atoms with Gasteiger partial charge in [0.2, 0.25) is 5.91 Å². The van der Waals surface area contributed by atoms with Gasteiger partial charge in [0.15, 0.2) is 0 Å². The van der Waals surface area contributed by atoms with Gasteiger partial charge in [0.05, 0.1) is 24.2 Å². The van der Waals surface area contributed by atoms with Gasteiger partial charge >= 0.3 is 0 Å². The summed E-state index contributed by atoms with van der Waals surface area (Å²) in [4.78, 5) is 13.4. The quantitative estimate of drug-likeness (QED) is 0.352. The molecule has 0 spiro atoms. The highest BCUT2D eigenvalue weighted by Gasteiger charge is 2.39. The van der Waals surface area contributed by atoms with E-state index >= 15 is 0 Å². The van der Waals surface area contributed by atoms with Crippen LogP contribution in [0.25, 0.3) is 0 Å². The van der Waals surface area contributed by atoms with Crippen molar-refractivity contribution in [3.8, 4) is 0 Å². The van der Waals surface area contributed by atoms with Crippen LogP contribution in [0.3, 0.4) is 0 Å². The van der Waals surface area contributed by atoms with Gasteiger partial charge in [-0.05, 0) is 54.2 Å². The van der Waals surface area contributed by atoms with E-state index in [1.807, 2.05) is 39.0 Å². The summed E-state index contributed by atoms with van der Waals surface area (Å²) in [6.07, 6.45) is 1.61. The monoisotopic (exact) mass is 477 g/mol. The van der Waals surface area contributed by atoms with E-state index in [2.05, 4.69) is 11.9 Å². The normalized spacial score (nSPS) is 16.1. The molecule has 1 unspecified atom stereocenters. The first-order valence-electron chi connectivity index (χ1n) is 10.8. The van der Waals surface area contributed by atoms with E-state index in [0.717, 1.165) is 5.56 Å². The summed E-state index contributed by atoms with van der Waals surface area (Å²) in [5.41, 5.74) is 0.687. The lowest BCUT2D eigenvalue weighted by Gasteiger charge is -2.35. The highest BCUT2D eigenvalue weighted by molar-refractivity contribution is 6.30. The molecule has 0 saturated heterocycles. The van der Waals surface area contributed by atoms with Gasteiger partial charge in [-0.25, -0.2) is 0 Å². The standard InChI is InChI=1S/C26H33Cl2NO3/c1-5-13-26(4,25(32)29-23(16-30)17(2)3)15-22(19-7-6-8-21(28)14-19)24(31)18-9-11-20(27)12-10-18/h5-12,14,17,22-24,30-31H,1,13,15-16H2,2-4H3,(H,29,32)/t22-,23?,24+,26+/m1/s1. The SMILES string of the molecule is C=CC[C@@](C)(C[C@H](c1cccc(Cl)c1)[C@@H](O)c1ccc(Cl)cc1)C(=O)NC(CO)C(C)C. The molecule has 3 N–H and O–H groups in total. The topological polar surface area (TPSA) is 69.6 Å². The number of carbonyl (C=O) groups excluding carboxylic acids is 1. The van der Waals surface area contributed by atoms with Crippen molar-refractivity contribution in [2.75, 3.05) is 6.61 Å². The molecule has 0 heterocycles. The van der Waals surface area contributed by atoms with Crippen LogP contribution in [0, 0.1) is 11.3 Å². The van der Waals surface area contributed by atoms with Gasteiger partial charge in [-0.1, -0.05) is 74.3 Å². The van der Waals surface area contributed by atoms with Gasteiger partial charge in [-0.3, -0.25) is 4.79 Å². The zero-order valence-corrected chi connectivity index (χ0v) is 20.4. The van der Waals surface area contributed by atoms with Gasteiger partial charge < -0.3 is 15.5 Å². The molecule has 4 nitrogen and oxygen atoms in total. The summed E-state index contributed by atoms with van der Waals surface area (Å²) in [5.74, 6) is -0.502. The highest BCUT2D eigenvalue weighted by Crippen LogP contribution is 2.43. The van der Waals surface area contributed by atoms with E-state index in [-0.39, 0.29) is 24.5 Å². The molecule has 0 bridgehead atoms. The van der Waals surface area contributed by atoms with Gasteiger partial charge in [0.1, 0.15) is 0 Å². The van der Waals surface area contributed by atoms with Crippen LogP contribution < -0.4 is 5.32 Å². The van der Waals surface area contributed by atoms with E-state index in [0.29, 0.717) is 28.5 Å². The molecule has 0 aliphatic rings. The third-order valence-corrected chi connectivity index (χ3v) is 6.49. The molecule has 174 valence electrons. The first-order chi connectivity index (χ1) is 15.1. The molecule has 0 saturated carbocycles. The predicted molar refractivity (Wildman–Crippen MR) is 132 cm³/mol. The summed E-state index contributed by atoms with van der Waals surface area (Å²) in [6, 6.07) is 14.0. The molecule has 1 amide bonds. The molecule has 0 fully saturated rings. The Morgan fingerprint density at radius 2 is 1.78 bits per heavy atom. The van der Waals surface area contributed by atoms with Crippen molar-refractivity contribution in [3.63, 3.8) is 0 Å². The number of rotatable bonds is 11. The van der Waals surface area contributed by atoms with E-state index < -0.39 is 17.4 Å². The Bertz CT molecular complexity index is 900.